The lowest BCUT2D eigenvalue weighted by Crippen LogP contribution is -2.01. The molecule has 0 saturated carbocycles. The van der Waals surface area contributed by atoms with E-state index in [1.165, 1.54) is 16.0 Å². The van der Waals surface area contributed by atoms with Gasteiger partial charge in [0.15, 0.2) is 0 Å². The summed E-state index contributed by atoms with van der Waals surface area (Å²) in [6, 6.07) is 8.61. The number of hydrogen-bond donors (Lipinski definition) is 0. The Labute approximate surface area is 88.0 Å². The van der Waals surface area contributed by atoms with Crippen molar-refractivity contribution in [1.29, 1.82) is 0 Å². The molecule has 2 aliphatic rings. The van der Waals surface area contributed by atoms with Gasteiger partial charge in [-0.15, -0.1) is 11.8 Å². The minimum Gasteiger partial charge on any atom is -0.114 e. The Balaban J connectivity index is 2.20. The Morgan fingerprint density at radius 1 is 1.07 bits per heavy atom. The van der Waals surface area contributed by atoms with Crippen molar-refractivity contribution in [3.63, 3.8) is 0 Å². The van der Waals surface area contributed by atoms with Crippen LogP contribution in [0.1, 0.15) is 5.56 Å². The zero-order chi connectivity index (χ0) is 9.38. The molecule has 1 heteroatoms. The van der Waals surface area contributed by atoms with Crippen molar-refractivity contribution in [2.75, 3.05) is 0 Å². The molecule has 3 rings (SSSR count). The van der Waals surface area contributed by atoms with Gasteiger partial charge < -0.3 is 0 Å². The zero-order valence-electron chi connectivity index (χ0n) is 7.68. The molecule has 68 valence electrons. The first-order valence-corrected chi connectivity index (χ1v) is 5.64. The van der Waals surface area contributed by atoms with Crippen molar-refractivity contribution in [3.8, 4) is 0 Å². The second kappa shape index (κ2) is 3.18. The van der Waals surface area contributed by atoms with Crippen molar-refractivity contribution in [2.45, 2.75) is 10.1 Å². The lowest BCUT2D eigenvalue weighted by molar-refractivity contribution is 1.31. The summed E-state index contributed by atoms with van der Waals surface area (Å²) in [4.78, 5) is 1.39. The SMILES string of the molecule is C1=CC2=CC(C=C1)Sc1ccccc12. The third-order valence-corrected chi connectivity index (χ3v) is 3.67. The number of allylic oxidation sites excluding steroid dienone is 4. The van der Waals surface area contributed by atoms with E-state index in [0.29, 0.717) is 5.25 Å². The van der Waals surface area contributed by atoms with Gasteiger partial charge in [-0.2, -0.15) is 0 Å². The summed E-state index contributed by atoms with van der Waals surface area (Å²) in [5, 5.41) is 0.509. The average Bonchev–Trinajstić information content (AvgIpc) is 2.41. The highest BCUT2D eigenvalue weighted by Gasteiger charge is 2.17. The van der Waals surface area contributed by atoms with Crippen molar-refractivity contribution in [3.05, 3.63) is 60.2 Å². The van der Waals surface area contributed by atoms with Crippen LogP contribution in [0, 0.1) is 0 Å². The molecular formula is C13H10S. The molecule has 0 saturated heterocycles. The molecule has 0 nitrogen and oxygen atoms in total. The molecule has 1 aromatic rings. The lowest BCUT2D eigenvalue weighted by Gasteiger charge is -2.18. The molecule has 0 fully saturated rings. The molecule has 0 radical (unpaired) electrons. The van der Waals surface area contributed by atoms with Crippen molar-refractivity contribution < 1.29 is 0 Å². The molecule has 0 N–H and O–H groups in total. The van der Waals surface area contributed by atoms with Gasteiger partial charge in [-0.25, -0.2) is 0 Å². The predicted octanol–water partition coefficient (Wildman–Crippen LogP) is 3.67. The summed E-state index contributed by atoms with van der Waals surface area (Å²) < 4.78 is 0. The summed E-state index contributed by atoms with van der Waals surface area (Å²) in [5.74, 6) is 0. The summed E-state index contributed by atoms with van der Waals surface area (Å²) in [6.07, 6.45) is 11.0. The molecule has 1 aliphatic carbocycles. The fourth-order valence-electron chi connectivity index (χ4n) is 1.83. The van der Waals surface area contributed by atoms with E-state index in [-0.39, 0.29) is 0 Å². The summed E-state index contributed by atoms with van der Waals surface area (Å²) in [5.41, 5.74) is 2.73. The van der Waals surface area contributed by atoms with E-state index in [2.05, 4.69) is 54.6 Å². The highest BCUT2D eigenvalue weighted by molar-refractivity contribution is 8.00. The van der Waals surface area contributed by atoms with Gasteiger partial charge in [-0.05, 0) is 17.2 Å². The van der Waals surface area contributed by atoms with Crippen molar-refractivity contribution >= 4 is 17.3 Å². The van der Waals surface area contributed by atoms with Gasteiger partial charge >= 0.3 is 0 Å². The van der Waals surface area contributed by atoms with Crippen LogP contribution in [0.4, 0.5) is 0 Å². The maximum atomic E-state index is 2.33. The third-order valence-electron chi connectivity index (χ3n) is 2.49. The van der Waals surface area contributed by atoms with Crippen LogP contribution >= 0.6 is 11.8 Å². The standard InChI is InChI=1S/C13H10S/c1-2-6-11-9-10(5-1)12-7-3-4-8-13(12)14-11/h1-9,11H. The number of benzene rings is 1. The van der Waals surface area contributed by atoms with Gasteiger partial charge in [0.2, 0.25) is 0 Å². The van der Waals surface area contributed by atoms with Crippen molar-refractivity contribution in [1.82, 2.24) is 0 Å². The Kier molecular flexibility index (Phi) is 1.84. The zero-order valence-corrected chi connectivity index (χ0v) is 8.50. The number of fused-ring (bicyclic) bond motifs is 3. The molecule has 1 atom stereocenters. The van der Waals surface area contributed by atoms with Crippen LogP contribution in [0.5, 0.6) is 0 Å². The van der Waals surface area contributed by atoms with E-state index in [9.17, 15) is 0 Å². The molecular weight excluding hydrogens is 188 g/mol. The first-order chi connectivity index (χ1) is 6.93. The van der Waals surface area contributed by atoms with Crippen LogP contribution < -0.4 is 0 Å². The highest BCUT2D eigenvalue weighted by atomic mass is 32.2. The van der Waals surface area contributed by atoms with E-state index in [1.807, 2.05) is 11.8 Å². The number of rotatable bonds is 0. The Morgan fingerprint density at radius 2 is 2.00 bits per heavy atom. The quantitative estimate of drug-likeness (QED) is 0.613. The second-order valence-electron chi connectivity index (χ2n) is 3.44. The summed E-state index contributed by atoms with van der Waals surface area (Å²) in [7, 11) is 0. The van der Waals surface area contributed by atoms with E-state index < -0.39 is 0 Å². The monoisotopic (exact) mass is 198 g/mol. The smallest absolute Gasteiger partial charge is 0.0467 e. The molecule has 1 heterocycles. The largest absolute Gasteiger partial charge is 0.114 e. The van der Waals surface area contributed by atoms with Crippen LogP contribution in [-0.2, 0) is 0 Å². The molecule has 0 aromatic heterocycles. The van der Waals surface area contributed by atoms with Crippen LogP contribution in [0.3, 0.4) is 0 Å². The molecule has 2 bridgehead atoms. The summed E-state index contributed by atoms with van der Waals surface area (Å²) >= 11 is 1.92. The fraction of sp³-hybridized carbons (Fsp3) is 0.0769. The molecule has 0 spiro atoms. The normalized spacial score (nSPS) is 22.6. The van der Waals surface area contributed by atoms with Gasteiger partial charge in [0.05, 0.1) is 0 Å². The Morgan fingerprint density at radius 3 is 3.00 bits per heavy atom. The lowest BCUT2D eigenvalue weighted by atomic mass is 10.0. The predicted molar refractivity (Wildman–Crippen MR) is 62.3 cm³/mol. The van der Waals surface area contributed by atoms with E-state index in [4.69, 9.17) is 0 Å². The van der Waals surface area contributed by atoms with Crippen LogP contribution in [0.2, 0.25) is 0 Å². The Bertz CT molecular complexity index is 452. The van der Waals surface area contributed by atoms with E-state index in [0.717, 1.165) is 0 Å². The van der Waals surface area contributed by atoms with Gasteiger partial charge in [-0.3, -0.25) is 0 Å². The maximum Gasteiger partial charge on any atom is 0.0467 e. The number of thioether (sulfide) groups is 1. The average molecular weight is 198 g/mol. The molecule has 14 heavy (non-hydrogen) atoms. The molecule has 1 aromatic carbocycles. The Hall–Kier alpha value is -1.21. The minimum atomic E-state index is 0.509. The summed E-state index contributed by atoms with van der Waals surface area (Å²) in [6.45, 7) is 0. The maximum absolute atomic E-state index is 2.33. The molecule has 1 aliphatic heterocycles. The number of hydrogen-bond acceptors (Lipinski definition) is 1. The molecule has 0 amide bonds. The highest BCUT2D eigenvalue weighted by Crippen LogP contribution is 2.39. The van der Waals surface area contributed by atoms with Gasteiger partial charge in [0, 0.05) is 10.1 Å². The molecule has 1 unspecified atom stereocenters. The second-order valence-corrected chi connectivity index (χ2v) is 4.66. The van der Waals surface area contributed by atoms with Gasteiger partial charge in [0.25, 0.3) is 0 Å². The van der Waals surface area contributed by atoms with E-state index >= 15 is 0 Å². The minimum absolute atomic E-state index is 0.509. The van der Waals surface area contributed by atoms with Crippen molar-refractivity contribution in [2.24, 2.45) is 0 Å². The first kappa shape index (κ1) is 8.13. The topological polar surface area (TPSA) is 0 Å². The van der Waals surface area contributed by atoms with Gasteiger partial charge in [0.1, 0.15) is 0 Å². The fourth-order valence-corrected chi connectivity index (χ4v) is 2.98. The van der Waals surface area contributed by atoms with E-state index in [1.54, 1.807) is 0 Å². The van der Waals surface area contributed by atoms with Crippen LogP contribution in [0.25, 0.3) is 5.57 Å². The van der Waals surface area contributed by atoms with Crippen LogP contribution in [-0.4, -0.2) is 5.25 Å². The third kappa shape index (κ3) is 1.25. The van der Waals surface area contributed by atoms with Crippen LogP contribution in [0.15, 0.2) is 59.5 Å². The van der Waals surface area contributed by atoms with Gasteiger partial charge in [-0.1, -0.05) is 48.6 Å². The first-order valence-electron chi connectivity index (χ1n) is 4.76.